The van der Waals surface area contributed by atoms with Crippen LogP contribution < -0.4 is 20.5 Å². The monoisotopic (exact) mass is 448 g/mol. The minimum Gasteiger partial charge on any atom is -0.457 e. The zero-order valence-corrected chi connectivity index (χ0v) is 17.9. The number of hydrogen-bond acceptors (Lipinski definition) is 6. The van der Waals surface area contributed by atoms with Gasteiger partial charge in [-0.2, -0.15) is 0 Å². The van der Waals surface area contributed by atoms with Crippen molar-refractivity contribution in [3.63, 3.8) is 0 Å². The Morgan fingerprint density at radius 2 is 1.72 bits per heavy atom. The number of carbonyl (C=O) groups excluding carboxylic acids is 1. The highest BCUT2D eigenvalue weighted by molar-refractivity contribution is 8.13. The van der Waals surface area contributed by atoms with E-state index < -0.39 is 0 Å². The number of benzene rings is 3. The van der Waals surface area contributed by atoms with Crippen molar-refractivity contribution in [2.45, 2.75) is 11.9 Å². The number of hydrogen-bond donors (Lipinski definition) is 2. The summed E-state index contributed by atoms with van der Waals surface area (Å²) in [5, 5.41) is 0.535. The lowest BCUT2D eigenvalue weighted by Crippen LogP contribution is -2.49. The lowest BCUT2D eigenvalue weighted by Gasteiger charge is -2.32. The van der Waals surface area contributed by atoms with Gasteiger partial charge in [-0.3, -0.25) is 15.1 Å². The molecule has 1 amide bonds. The highest BCUT2D eigenvalue weighted by atomic mass is 32.2. The van der Waals surface area contributed by atoms with E-state index in [0.29, 0.717) is 34.5 Å². The van der Waals surface area contributed by atoms with Crippen LogP contribution in [-0.4, -0.2) is 23.8 Å². The Kier molecular flexibility index (Phi) is 5.89. The van der Waals surface area contributed by atoms with Gasteiger partial charge in [-0.25, -0.2) is 14.8 Å². The fourth-order valence-corrected chi connectivity index (χ4v) is 4.68. The zero-order chi connectivity index (χ0) is 21.9. The Morgan fingerprint density at radius 1 is 1.00 bits per heavy atom. The molecule has 0 saturated carbocycles. The SMILES string of the molecule is O=C1C2CNNC2N=C(SCc2ccccc2F)N1c1ccc(Oc2ccccc2)cc1. The summed E-state index contributed by atoms with van der Waals surface area (Å²) in [7, 11) is 0. The number of ether oxygens (including phenoxy) is 1. The van der Waals surface area contributed by atoms with Gasteiger partial charge in [0.25, 0.3) is 0 Å². The summed E-state index contributed by atoms with van der Waals surface area (Å²) in [6, 6.07) is 23.5. The maximum atomic E-state index is 14.1. The molecular formula is C24H21FN4O2S. The smallest absolute Gasteiger partial charge is 0.241 e. The Labute approximate surface area is 189 Å². The van der Waals surface area contributed by atoms with Crippen LogP contribution in [0.4, 0.5) is 10.1 Å². The number of anilines is 1. The molecule has 2 heterocycles. The number of para-hydroxylation sites is 1. The van der Waals surface area contributed by atoms with Gasteiger partial charge in [0.2, 0.25) is 5.91 Å². The topological polar surface area (TPSA) is 66.0 Å². The molecule has 6 nitrogen and oxygen atoms in total. The Balaban J connectivity index is 1.40. The molecule has 2 N–H and O–H groups in total. The molecule has 1 fully saturated rings. The van der Waals surface area contributed by atoms with Gasteiger partial charge in [0.05, 0.1) is 11.6 Å². The van der Waals surface area contributed by atoms with Gasteiger partial charge in [0.1, 0.15) is 23.5 Å². The molecule has 0 spiro atoms. The van der Waals surface area contributed by atoms with Crippen molar-refractivity contribution in [3.8, 4) is 11.5 Å². The second-order valence-corrected chi connectivity index (χ2v) is 8.39. The highest BCUT2D eigenvalue weighted by Crippen LogP contribution is 2.32. The first-order chi connectivity index (χ1) is 15.7. The molecule has 0 radical (unpaired) electrons. The molecule has 2 aliphatic rings. The van der Waals surface area contributed by atoms with Crippen molar-refractivity contribution in [1.29, 1.82) is 0 Å². The molecule has 3 aromatic carbocycles. The van der Waals surface area contributed by atoms with Crippen LogP contribution in [0.2, 0.25) is 0 Å². The number of amidine groups is 1. The number of aliphatic imine (C=N–C) groups is 1. The molecule has 8 heteroatoms. The number of fused-ring (bicyclic) bond motifs is 1. The number of nitrogens with zero attached hydrogens (tertiary/aromatic N) is 2. The van der Waals surface area contributed by atoms with Crippen molar-refractivity contribution >= 4 is 28.5 Å². The first-order valence-corrected chi connectivity index (χ1v) is 11.3. The summed E-state index contributed by atoms with van der Waals surface area (Å²) in [5.41, 5.74) is 7.32. The number of rotatable bonds is 5. The average Bonchev–Trinajstić information content (AvgIpc) is 3.29. The standard InChI is InChI=1S/C24H21FN4O2S/c25-21-9-5-4-6-16(21)15-32-24-27-22-20(14-26-28-22)23(30)29(24)17-10-12-19(13-11-17)31-18-7-2-1-3-8-18/h1-13,20,22,26,28H,14-15H2. The number of amides is 1. The van der Waals surface area contributed by atoms with Crippen LogP contribution in [0.25, 0.3) is 0 Å². The third kappa shape index (κ3) is 4.25. The van der Waals surface area contributed by atoms with Crippen molar-refractivity contribution in [2.75, 3.05) is 11.4 Å². The lowest BCUT2D eigenvalue weighted by molar-refractivity contribution is -0.121. The molecule has 0 bridgehead atoms. The maximum Gasteiger partial charge on any atom is 0.241 e. The zero-order valence-electron chi connectivity index (χ0n) is 17.1. The van der Waals surface area contributed by atoms with E-state index in [1.807, 2.05) is 54.6 Å². The first-order valence-electron chi connectivity index (χ1n) is 10.3. The largest absolute Gasteiger partial charge is 0.457 e. The highest BCUT2D eigenvalue weighted by Gasteiger charge is 2.42. The van der Waals surface area contributed by atoms with E-state index in [9.17, 15) is 9.18 Å². The van der Waals surface area contributed by atoms with Crippen LogP contribution in [0.1, 0.15) is 5.56 Å². The van der Waals surface area contributed by atoms with Crippen molar-refractivity contribution in [1.82, 2.24) is 10.9 Å². The second-order valence-electron chi connectivity index (χ2n) is 7.45. The number of thioether (sulfide) groups is 1. The first kappa shape index (κ1) is 20.7. The van der Waals surface area contributed by atoms with Gasteiger partial charge in [-0.15, -0.1) is 0 Å². The van der Waals surface area contributed by atoms with Crippen LogP contribution in [-0.2, 0) is 10.5 Å². The number of nitrogens with one attached hydrogen (secondary N) is 2. The molecule has 1 saturated heterocycles. The van der Waals surface area contributed by atoms with E-state index in [2.05, 4.69) is 10.9 Å². The van der Waals surface area contributed by atoms with Crippen LogP contribution in [0.3, 0.4) is 0 Å². The second kappa shape index (κ2) is 9.12. The molecule has 5 rings (SSSR count). The van der Waals surface area contributed by atoms with Crippen LogP contribution in [0.15, 0.2) is 83.9 Å². The summed E-state index contributed by atoms with van der Waals surface area (Å²) >= 11 is 1.34. The van der Waals surface area contributed by atoms with Crippen molar-refractivity contribution in [2.24, 2.45) is 10.9 Å². The van der Waals surface area contributed by atoms with Gasteiger partial charge in [-0.05, 0) is 48.0 Å². The average molecular weight is 449 g/mol. The molecule has 2 unspecified atom stereocenters. The molecule has 32 heavy (non-hydrogen) atoms. The molecule has 0 aliphatic carbocycles. The Hall–Kier alpha value is -3.20. The summed E-state index contributed by atoms with van der Waals surface area (Å²) in [6.07, 6.45) is -0.331. The van der Waals surface area contributed by atoms with Crippen LogP contribution in [0, 0.1) is 11.7 Å². The summed E-state index contributed by atoms with van der Waals surface area (Å²) in [5.74, 6) is 1.17. The van der Waals surface area contributed by atoms with Gasteiger partial charge in [0.15, 0.2) is 5.17 Å². The summed E-state index contributed by atoms with van der Waals surface area (Å²) < 4.78 is 20.0. The van der Waals surface area contributed by atoms with Crippen molar-refractivity contribution < 1.29 is 13.9 Å². The quantitative estimate of drug-likeness (QED) is 0.609. The molecular weight excluding hydrogens is 427 g/mol. The van der Waals surface area contributed by atoms with E-state index in [1.54, 1.807) is 23.1 Å². The predicted octanol–water partition coefficient (Wildman–Crippen LogP) is 4.30. The summed E-state index contributed by atoms with van der Waals surface area (Å²) in [6.45, 7) is 0.504. The molecule has 0 aromatic heterocycles. The molecule has 162 valence electrons. The fraction of sp³-hybridized carbons (Fsp3) is 0.167. The van der Waals surface area contributed by atoms with E-state index in [1.165, 1.54) is 17.8 Å². The summed E-state index contributed by atoms with van der Waals surface area (Å²) in [4.78, 5) is 19.7. The molecule has 2 aliphatic heterocycles. The number of carbonyl (C=O) groups is 1. The minimum absolute atomic E-state index is 0.0461. The van der Waals surface area contributed by atoms with Gasteiger partial charge in [-0.1, -0.05) is 48.2 Å². The third-order valence-electron chi connectivity index (χ3n) is 5.32. The van der Waals surface area contributed by atoms with Crippen LogP contribution in [0.5, 0.6) is 11.5 Å². The van der Waals surface area contributed by atoms with Gasteiger partial charge in [0, 0.05) is 12.3 Å². The van der Waals surface area contributed by atoms with Crippen LogP contribution >= 0.6 is 11.8 Å². The predicted molar refractivity (Wildman–Crippen MR) is 124 cm³/mol. The number of hydrazine groups is 1. The van der Waals surface area contributed by atoms with E-state index in [-0.39, 0.29) is 23.8 Å². The van der Waals surface area contributed by atoms with E-state index >= 15 is 0 Å². The van der Waals surface area contributed by atoms with E-state index in [4.69, 9.17) is 9.73 Å². The maximum absolute atomic E-state index is 14.1. The Bertz CT molecular complexity index is 1140. The third-order valence-corrected chi connectivity index (χ3v) is 6.32. The van der Waals surface area contributed by atoms with E-state index in [0.717, 1.165) is 5.75 Å². The number of halogens is 1. The van der Waals surface area contributed by atoms with Crippen molar-refractivity contribution in [3.05, 3.63) is 90.2 Å². The molecule has 2 atom stereocenters. The molecule has 3 aromatic rings. The minimum atomic E-state index is -0.331. The lowest BCUT2D eigenvalue weighted by atomic mass is 10.0. The van der Waals surface area contributed by atoms with Gasteiger partial charge < -0.3 is 4.74 Å². The normalized spacial score (nSPS) is 20.1. The fourth-order valence-electron chi connectivity index (χ4n) is 3.65. The van der Waals surface area contributed by atoms with Gasteiger partial charge >= 0.3 is 0 Å². The Morgan fingerprint density at radius 3 is 2.50 bits per heavy atom.